The Hall–Kier alpha value is -1.03. The summed E-state index contributed by atoms with van der Waals surface area (Å²) in [6, 6.07) is 1.40. The fraction of sp³-hybridized carbons (Fsp3) is 0.786. The molecular weight excluding hydrogens is 224 g/mol. The first-order chi connectivity index (χ1) is 8.78. The Morgan fingerprint density at radius 2 is 2.22 bits per heavy atom. The molecule has 3 rings (SSSR count). The zero-order chi connectivity index (χ0) is 12.5. The second kappa shape index (κ2) is 4.92. The largest absolute Gasteiger partial charge is 0.354 e. The van der Waals surface area contributed by atoms with Gasteiger partial charge in [-0.15, -0.1) is 0 Å². The van der Waals surface area contributed by atoms with E-state index in [-0.39, 0.29) is 0 Å². The maximum absolute atomic E-state index is 4.62. The summed E-state index contributed by atoms with van der Waals surface area (Å²) in [6.45, 7) is 7.81. The smallest absolute Gasteiger partial charge is 0.203 e. The highest BCUT2D eigenvalue weighted by atomic mass is 15.3. The van der Waals surface area contributed by atoms with E-state index in [2.05, 4.69) is 39.8 Å². The normalized spacial score (nSPS) is 24.7. The van der Waals surface area contributed by atoms with E-state index in [9.17, 15) is 0 Å². The van der Waals surface area contributed by atoms with Crippen LogP contribution in [-0.2, 0) is 0 Å². The number of rotatable bonds is 5. The Bertz CT molecular complexity index is 408. The zero-order valence-electron chi connectivity index (χ0n) is 11.5. The number of likely N-dealkylation sites (tertiary alicyclic amines) is 1. The summed E-state index contributed by atoms with van der Waals surface area (Å²) in [5.74, 6) is 1.08. The number of imidazole rings is 1. The summed E-state index contributed by atoms with van der Waals surface area (Å²) in [7, 11) is 0. The molecule has 1 saturated heterocycles. The Balaban J connectivity index is 1.62. The SMILES string of the molecule is CCN1CCCC1CNc1nc(C)cn1C1CC1. The molecule has 100 valence electrons. The molecule has 0 aromatic carbocycles. The van der Waals surface area contributed by atoms with Gasteiger partial charge in [0.05, 0.1) is 5.69 Å². The first-order valence-corrected chi connectivity index (χ1v) is 7.31. The Morgan fingerprint density at radius 3 is 2.94 bits per heavy atom. The van der Waals surface area contributed by atoms with Gasteiger partial charge < -0.3 is 9.88 Å². The van der Waals surface area contributed by atoms with Crippen molar-refractivity contribution in [3.63, 3.8) is 0 Å². The molecular formula is C14H24N4. The standard InChI is InChI=1S/C14H24N4/c1-3-17-8-4-5-13(17)9-15-14-16-11(2)10-18(14)12-6-7-12/h10,12-13H,3-9H2,1-2H3,(H,15,16). The number of hydrogen-bond donors (Lipinski definition) is 1. The number of aryl methyl sites for hydroxylation is 1. The van der Waals surface area contributed by atoms with Crippen molar-refractivity contribution in [3.05, 3.63) is 11.9 Å². The molecule has 1 aliphatic heterocycles. The van der Waals surface area contributed by atoms with Crippen LogP contribution in [-0.4, -0.2) is 40.1 Å². The second-order valence-corrected chi connectivity index (χ2v) is 5.65. The van der Waals surface area contributed by atoms with Gasteiger partial charge in [-0.1, -0.05) is 6.92 Å². The highest BCUT2D eigenvalue weighted by molar-refractivity contribution is 5.31. The fourth-order valence-corrected chi connectivity index (χ4v) is 3.03. The first-order valence-electron chi connectivity index (χ1n) is 7.31. The van der Waals surface area contributed by atoms with Crippen molar-refractivity contribution in [2.75, 3.05) is 25.0 Å². The van der Waals surface area contributed by atoms with Crippen LogP contribution in [0, 0.1) is 6.92 Å². The van der Waals surface area contributed by atoms with Crippen LogP contribution < -0.4 is 5.32 Å². The van der Waals surface area contributed by atoms with Crippen molar-refractivity contribution in [3.8, 4) is 0 Å². The van der Waals surface area contributed by atoms with E-state index in [1.54, 1.807) is 0 Å². The van der Waals surface area contributed by atoms with Gasteiger partial charge in [-0.2, -0.15) is 0 Å². The van der Waals surface area contributed by atoms with Crippen molar-refractivity contribution >= 4 is 5.95 Å². The maximum Gasteiger partial charge on any atom is 0.203 e. The molecule has 18 heavy (non-hydrogen) atoms. The molecule has 1 N–H and O–H groups in total. The van der Waals surface area contributed by atoms with Crippen LogP contribution in [0.4, 0.5) is 5.95 Å². The van der Waals surface area contributed by atoms with Crippen molar-refractivity contribution in [2.24, 2.45) is 0 Å². The first kappa shape index (κ1) is 12.0. The highest BCUT2D eigenvalue weighted by Gasteiger charge is 2.27. The molecule has 1 unspecified atom stereocenters. The number of hydrogen-bond acceptors (Lipinski definition) is 3. The van der Waals surface area contributed by atoms with Gasteiger partial charge >= 0.3 is 0 Å². The third-order valence-corrected chi connectivity index (χ3v) is 4.19. The minimum absolute atomic E-state index is 0.694. The molecule has 4 nitrogen and oxygen atoms in total. The quantitative estimate of drug-likeness (QED) is 0.868. The Morgan fingerprint density at radius 1 is 1.39 bits per heavy atom. The monoisotopic (exact) mass is 248 g/mol. The zero-order valence-corrected chi connectivity index (χ0v) is 11.5. The average Bonchev–Trinajstić information content (AvgIpc) is 2.99. The van der Waals surface area contributed by atoms with Crippen LogP contribution in [0.5, 0.6) is 0 Å². The van der Waals surface area contributed by atoms with Gasteiger partial charge in [-0.25, -0.2) is 4.98 Å². The molecule has 1 aromatic heterocycles. The van der Waals surface area contributed by atoms with Crippen LogP contribution in [0.2, 0.25) is 0 Å². The van der Waals surface area contributed by atoms with E-state index in [0.717, 1.165) is 18.2 Å². The van der Waals surface area contributed by atoms with E-state index in [0.29, 0.717) is 12.1 Å². The molecule has 0 spiro atoms. The topological polar surface area (TPSA) is 33.1 Å². The molecule has 2 aliphatic rings. The van der Waals surface area contributed by atoms with Gasteiger partial charge in [0.25, 0.3) is 0 Å². The van der Waals surface area contributed by atoms with Gasteiger partial charge in [-0.3, -0.25) is 4.90 Å². The van der Waals surface area contributed by atoms with Crippen molar-refractivity contribution in [2.45, 2.75) is 51.6 Å². The van der Waals surface area contributed by atoms with Crippen molar-refractivity contribution in [1.29, 1.82) is 0 Å². The van der Waals surface area contributed by atoms with Crippen LogP contribution in [0.15, 0.2) is 6.20 Å². The third kappa shape index (κ3) is 2.39. The van der Waals surface area contributed by atoms with Crippen LogP contribution in [0.1, 0.15) is 44.3 Å². The van der Waals surface area contributed by atoms with E-state index in [1.807, 2.05) is 0 Å². The number of aromatic nitrogens is 2. The van der Waals surface area contributed by atoms with E-state index < -0.39 is 0 Å². The molecule has 1 aliphatic carbocycles. The summed E-state index contributed by atoms with van der Waals surface area (Å²) in [4.78, 5) is 7.19. The minimum atomic E-state index is 0.694. The number of nitrogens with one attached hydrogen (secondary N) is 1. The third-order valence-electron chi connectivity index (χ3n) is 4.19. The second-order valence-electron chi connectivity index (χ2n) is 5.65. The number of anilines is 1. The summed E-state index contributed by atoms with van der Waals surface area (Å²) < 4.78 is 2.33. The Labute approximate surface area is 109 Å². The van der Waals surface area contributed by atoms with Crippen molar-refractivity contribution in [1.82, 2.24) is 14.5 Å². The highest BCUT2D eigenvalue weighted by Crippen LogP contribution is 2.37. The van der Waals surface area contributed by atoms with Crippen molar-refractivity contribution < 1.29 is 0 Å². The molecule has 0 amide bonds. The van der Waals surface area contributed by atoms with Crippen LogP contribution >= 0.6 is 0 Å². The lowest BCUT2D eigenvalue weighted by Crippen LogP contribution is -2.35. The lowest BCUT2D eigenvalue weighted by molar-refractivity contribution is 0.276. The van der Waals surface area contributed by atoms with E-state index in [1.165, 1.54) is 38.8 Å². The predicted molar refractivity (Wildman–Crippen MR) is 74.0 cm³/mol. The molecule has 1 saturated carbocycles. The number of nitrogens with zero attached hydrogens (tertiary/aromatic N) is 3. The van der Waals surface area contributed by atoms with Gasteiger partial charge in [0, 0.05) is 24.8 Å². The lowest BCUT2D eigenvalue weighted by atomic mass is 10.2. The molecule has 4 heteroatoms. The van der Waals surface area contributed by atoms with Gasteiger partial charge in [-0.05, 0) is 45.7 Å². The van der Waals surface area contributed by atoms with E-state index >= 15 is 0 Å². The maximum atomic E-state index is 4.62. The van der Waals surface area contributed by atoms with Crippen LogP contribution in [0.3, 0.4) is 0 Å². The minimum Gasteiger partial charge on any atom is -0.354 e. The lowest BCUT2D eigenvalue weighted by Gasteiger charge is -2.23. The fourth-order valence-electron chi connectivity index (χ4n) is 3.03. The summed E-state index contributed by atoms with van der Waals surface area (Å²) in [5.41, 5.74) is 1.13. The molecule has 0 bridgehead atoms. The summed E-state index contributed by atoms with van der Waals surface area (Å²) in [5, 5.41) is 3.57. The molecule has 1 aromatic rings. The molecule has 1 atom stereocenters. The predicted octanol–water partition coefficient (Wildman–Crippen LogP) is 2.42. The van der Waals surface area contributed by atoms with Gasteiger partial charge in [0.15, 0.2) is 0 Å². The molecule has 0 radical (unpaired) electrons. The summed E-state index contributed by atoms with van der Waals surface area (Å²) in [6.07, 6.45) is 7.48. The Kier molecular flexibility index (Phi) is 3.29. The van der Waals surface area contributed by atoms with E-state index in [4.69, 9.17) is 0 Å². The van der Waals surface area contributed by atoms with Gasteiger partial charge in [0.2, 0.25) is 5.95 Å². The average molecular weight is 248 g/mol. The molecule has 2 fully saturated rings. The van der Waals surface area contributed by atoms with Crippen LogP contribution in [0.25, 0.3) is 0 Å². The summed E-state index contributed by atoms with van der Waals surface area (Å²) >= 11 is 0. The number of likely N-dealkylation sites (N-methyl/N-ethyl adjacent to an activating group) is 1. The van der Waals surface area contributed by atoms with Gasteiger partial charge in [0.1, 0.15) is 0 Å². The molecule has 2 heterocycles.